The zero-order chi connectivity index (χ0) is 9.97. The molecule has 1 N–H and O–H groups in total. The van der Waals surface area contributed by atoms with Crippen LogP contribution in [0.15, 0.2) is 24.5 Å². The normalized spacial score (nSPS) is 11.0. The minimum atomic E-state index is 0.239. The fraction of sp³-hybridized carbons (Fsp3) is 0.364. The molecule has 14 heavy (non-hydrogen) atoms. The van der Waals surface area contributed by atoms with Crippen molar-refractivity contribution in [2.24, 2.45) is 7.05 Å². The summed E-state index contributed by atoms with van der Waals surface area (Å²) in [4.78, 5) is 4.35. The summed E-state index contributed by atoms with van der Waals surface area (Å²) < 4.78 is 2.01. The second kappa shape index (κ2) is 3.80. The molecular weight excluding hydrogens is 176 g/mol. The van der Waals surface area contributed by atoms with Crippen molar-refractivity contribution >= 4 is 11.0 Å². The molecule has 0 saturated carbocycles. The van der Waals surface area contributed by atoms with E-state index in [0.29, 0.717) is 0 Å². The lowest BCUT2D eigenvalue weighted by Gasteiger charge is -2.01. The Labute approximate surface area is 83.0 Å². The van der Waals surface area contributed by atoms with Gasteiger partial charge in [0.2, 0.25) is 0 Å². The predicted molar refractivity (Wildman–Crippen MR) is 56.1 cm³/mol. The second-order valence-corrected chi connectivity index (χ2v) is 3.47. The summed E-state index contributed by atoms with van der Waals surface area (Å²) in [7, 11) is 1.99. The maximum Gasteiger partial charge on any atom is 0.0955 e. The summed E-state index contributed by atoms with van der Waals surface area (Å²) in [6.07, 6.45) is 3.52. The molecule has 0 bridgehead atoms. The van der Waals surface area contributed by atoms with Gasteiger partial charge in [0, 0.05) is 13.7 Å². The summed E-state index contributed by atoms with van der Waals surface area (Å²) in [6.45, 7) is 0.239. The Hall–Kier alpha value is -1.35. The molecule has 0 unspecified atom stereocenters. The van der Waals surface area contributed by atoms with Crippen LogP contribution in [0.4, 0.5) is 0 Å². The molecule has 0 amide bonds. The molecule has 0 aliphatic rings. The molecular formula is C11H14N2O. The zero-order valence-electron chi connectivity index (χ0n) is 8.27. The Bertz CT molecular complexity index is 434. The van der Waals surface area contributed by atoms with Gasteiger partial charge in [-0.3, -0.25) is 0 Å². The van der Waals surface area contributed by atoms with Crippen LogP contribution in [-0.4, -0.2) is 21.3 Å². The van der Waals surface area contributed by atoms with Crippen molar-refractivity contribution in [3.63, 3.8) is 0 Å². The molecule has 3 heteroatoms. The second-order valence-electron chi connectivity index (χ2n) is 3.47. The average molecular weight is 190 g/mol. The van der Waals surface area contributed by atoms with Gasteiger partial charge in [0.1, 0.15) is 0 Å². The van der Waals surface area contributed by atoms with Gasteiger partial charge in [-0.15, -0.1) is 0 Å². The number of aryl methyl sites for hydroxylation is 2. The molecule has 0 fully saturated rings. The van der Waals surface area contributed by atoms with Crippen molar-refractivity contribution in [3.8, 4) is 0 Å². The monoisotopic (exact) mass is 190 g/mol. The molecule has 1 aromatic carbocycles. The Kier molecular flexibility index (Phi) is 2.50. The number of benzene rings is 1. The van der Waals surface area contributed by atoms with E-state index in [2.05, 4.69) is 17.1 Å². The zero-order valence-corrected chi connectivity index (χ0v) is 8.27. The van der Waals surface area contributed by atoms with E-state index in [9.17, 15) is 0 Å². The van der Waals surface area contributed by atoms with Crippen LogP contribution in [-0.2, 0) is 13.5 Å². The number of hydrogen-bond acceptors (Lipinski definition) is 2. The first-order valence-electron chi connectivity index (χ1n) is 4.82. The van der Waals surface area contributed by atoms with Crippen LogP contribution in [0.5, 0.6) is 0 Å². The highest BCUT2D eigenvalue weighted by Gasteiger charge is 2.04. The Morgan fingerprint density at radius 2 is 2.29 bits per heavy atom. The number of fused-ring (bicyclic) bond motifs is 1. The van der Waals surface area contributed by atoms with E-state index in [1.54, 1.807) is 0 Å². The Balaban J connectivity index is 2.44. The van der Waals surface area contributed by atoms with E-state index in [0.717, 1.165) is 23.9 Å². The van der Waals surface area contributed by atoms with Gasteiger partial charge in [0.25, 0.3) is 0 Å². The smallest absolute Gasteiger partial charge is 0.0955 e. The number of rotatable bonds is 3. The van der Waals surface area contributed by atoms with Crippen LogP contribution < -0.4 is 0 Å². The molecule has 0 spiro atoms. The minimum absolute atomic E-state index is 0.239. The third-order valence-corrected chi connectivity index (χ3v) is 2.44. The summed E-state index contributed by atoms with van der Waals surface area (Å²) >= 11 is 0. The fourth-order valence-corrected chi connectivity index (χ4v) is 1.69. The van der Waals surface area contributed by atoms with E-state index in [1.807, 2.05) is 24.0 Å². The van der Waals surface area contributed by atoms with E-state index in [1.165, 1.54) is 5.56 Å². The maximum absolute atomic E-state index is 8.78. The first-order valence-corrected chi connectivity index (χ1v) is 4.82. The van der Waals surface area contributed by atoms with Gasteiger partial charge < -0.3 is 9.67 Å². The number of hydrogen-bond donors (Lipinski definition) is 1. The molecule has 2 aromatic rings. The minimum Gasteiger partial charge on any atom is -0.396 e. The van der Waals surface area contributed by atoms with Crippen molar-refractivity contribution in [2.45, 2.75) is 12.8 Å². The molecule has 2 rings (SSSR count). The average Bonchev–Trinajstić information content (AvgIpc) is 2.58. The highest BCUT2D eigenvalue weighted by Crippen LogP contribution is 2.17. The molecule has 0 saturated heterocycles. The molecule has 0 radical (unpaired) electrons. The topological polar surface area (TPSA) is 38.0 Å². The number of imidazole rings is 1. The van der Waals surface area contributed by atoms with Crippen LogP contribution in [0.2, 0.25) is 0 Å². The molecule has 0 atom stereocenters. The number of nitrogens with zero attached hydrogens (tertiary/aromatic N) is 2. The van der Waals surface area contributed by atoms with Gasteiger partial charge >= 0.3 is 0 Å². The Morgan fingerprint density at radius 1 is 1.43 bits per heavy atom. The number of aliphatic hydroxyl groups excluding tert-OH is 1. The number of para-hydroxylation sites is 1. The van der Waals surface area contributed by atoms with Crippen LogP contribution in [0.1, 0.15) is 12.0 Å². The van der Waals surface area contributed by atoms with Gasteiger partial charge in [-0.25, -0.2) is 4.98 Å². The first kappa shape index (κ1) is 9.21. The lowest BCUT2D eigenvalue weighted by molar-refractivity contribution is 0.289. The maximum atomic E-state index is 8.78. The first-order chi connectivity index (χ1) is 6.83. The van der Waals surface area contributed by atoms with Crippen molar-refractivity contribution in [1.82, 2.24) is 9.55 Å². The lowest BCUT2D eigenvalue weighted by Crippen LogP contribution is -1.91. The third-order valence-electron chi connectivity index (χ3n) is 2.44. The highest BCUT2D eigenvalue weighted by molar-refractivity contribution is 5.78. The predicted octanol–water partition coefficient (Wildman–Crippen LogP) is 1.50. The van der Waals surface area contributed by atoms with Crippen molar-refractivity contribution in [1.29, 1.82) is 0 Å². The highest BCUT2D eigenvalue weighted by atomic mass is 16.2. The SMILES string of the molecule is Cn1cnc2c(CCCO)cccc21. The fourth-order valence-electron chi connectivity index (χ4n) is 1.69. The van der Waals surface area contributed by atoms with E-state index in [4.69, 9.17) is 5.11 Å². The molecule has 1 heterocycles. The summed E-state index contributed by atoms with van der Waals surface area (Å²) in [5.41, 5.74) is 3.43. The quantitative estimate of drug-likeness (QED) is 0.796. The van der Waals surface area contributed by atoms with E-state index >= 15 is 0 Å². The van der Waals surface area contributed by atoms with Crippen molar-refractivity contribution in [2.75, 3.05) is 6.61 Å². The van der Waals surface area contributed by atoms with Gasteiger partial charge in [-0.05, 0) is 24.5 Å². The largest absolute Gasteiger partial charge is 0.396 e. The molecule has 0 aliphatic heterocycles. The summed E-state index contributed by atoms with van der Waals surface area (Å²) in [5, 5.41) is 8.78. The van der Waals surface area contributed by atoms with Crippen molar-refractivity contribution in [3.05, 3.63) is 30.1 Å². The van der Waals surface area contributed by atoms with Crippen molar-refractivity contribution < 1.29 is 5.11 Å². The van der Waals surface area contributed by atoms with E-state index < -0.39 is 0 Å². The summed E-state index contributed by atoms with van der Waals surface area (Å²) in [5.74, 6) is 0. The van der Waals surface area contributed by atoms with Gasteiger partial charge in [-0.1, -0.05) is 12.1 Å². The lowest BCUT2D eigenvalue weighted by atomic mass is 10.1. The molecule has 74 valence electrons. The van der Waals surface area contributed by atoms with Gasteiger partial charge in [0.15, 0.2) is 0 Å². The third kappa shape index (κ3) is 1.51. The van der Waals surface area contributed by atoms with E-state index in [-0.39, 0.29) is 6.61 Å². The van der Waals surface area contributed by atoms with Crippen LogP contribution >= 0.6 is 0 Å². The van der Waals surface area contributed by atoms with Crippen LogP contribution in [0.3, 0.4) is 0 Å². The van der Waals surface area contributed by atoms with Gasteiger partial charge in [0.05, 0.1) is 17.4 Å². The Morgan fingerprint density at radius 3 is 3.07 bits per heavy atom. The van der Waals surface area contributed by atoms with Crippen LogP contribution in [0, 0.1) is 0 Å². The summed E-state index contributed by atoms with van der Waals surface area (Å²) in [6, 6.07) is 6.17. The molecule has 0 aliphatic carbocycles. The molecule has 1 aromatic heterocycles. The number of aromatic nitrogens is 2. The van der Waals surface area contributed by atoms with Crippen LogP contribution in [0.25, 0.3) is 11.0 Å². The number of aliphatic hydroxyl groups is 1. The van der Waals surface area contributed by atoms with Gasteiger partial charge in [-0.2, -0.15) is 0 Å². The standard InChI is InChI=1S/C11H14N2O/c1-13-8-12-11-9(5-3-7-14)4-2-6-10(11)13/h2,4,6,8,14H,3,5,7H2,1H3. The molecule has 3 nitrogen and oxygen atoms in total.